The average Bonchev–Trinajstić information content (AvgIpc) is 2.38. The van der Waals surface area contributed by atoms with E-state index in [1.807, 2.05) is 0 Å². The highest BCUT2D eigenvalue weighted by Gasteiger charge is 2.31. The van der Waals surface area contributed by atoms with E-state index in [1.54, 1.807) is 0 Å². The van der Waals surface area contributed by atoms with Crippen molar-refractivity contribution in [1.82, 2.24) is 4.31 Å². The van der Waals surface area contributed by atoms with E-state index in [-0.39, 0.29) is 17.9 Å². The smallest absolute Gasteiger partial charge is 0.211 e. The van der Waals surface area contributed by atoms with Gasteiger partial charge in [-0.1, -0.05) is 6.42 Å². The molecule has 1 heterocycles. The van der Waals surface area contributed by atoms with Gasteiger partial charge >= 0.3 is 0 Å². The number of piperidine rings is 1. The van der Waals surface area contributed by atoms with E-state index in [0.29, 0.717) is 25.3 Å². The van der Waals surface area contributed by atoms with Crippen LogP contribution in [0.5, 0.6) is 0 Å². The minimum absolute atomic E-state index is 0.104. The van der Waals surface area contributed by atoms with Crippen LogP contribution in [0.15, 0.2) is 0 Å². The number of hydrogen-bond donors (Lipinski definition) is 1. The largest absolute Gasteiger partial charge is 0.328 e. The third-order valence-electron chi connectivity index (χ3n) is 4.61. The van der Waals surface area contributed by atoms with E-state index in [1.165, 1.54) is 10.6 Å². The summed E-state index contributed by atoms with van der Waals surface area (Å²) in [6.07, 6.45) is 7.40. The number of carbonyl (C=O) groups is 1. The van der Waals surface area contributed by atoms with Crippen LogP contribution in [-0.4, -0.2) is 43.9 Å². The first kappa shape index (κ1) is 15.9. The van der Waals surface area contributed by atoms with Crippen molar-refractivity contribution in [3.05, 3.63) is 0 Å². The summed E-state index contributed by atoms with van der Waals surface area (Å²) in [5, 5.41) is 0. The molecule has 20 heavy (non-hydrogen) atoms. The SMILES string of the molecule is CS(=O)(=O)N1CCCC(CC(=O)C2CCCC(N)C2)C1. The zero-order valence-electron chi connectivity index (χ0n) is 12.3. The van der Waals surface area contributed by atoms with E-state index in [9.17, 15) is 13.2 Å². The lowest BCUT2D eigenvalue weighted by atomic mass is 9.80. The summed E-state index contributed by atoms with van der Waals surface area (Å²) in [5.74, 6) is 0.581. The summed E-state index contributed by atoms with van der Waals surface area (Å²) in [6, 6.07) is 0.163. The van der Waals surface area contributed by atoms with Gasteiger partial charge in [0.25, 0.3) is 0 Å². The van der Waals surface area contributed by atoms with Gasteiger partial charge in [0, 0.05) is 31.5 Å². The summed E-state index contributed by atoms with van der Waals surface area (Å²) in [6.45, 7) is 1.10. The molecule has 0 aromatic carbocycles. The highest BCUT2D eigenvalue weighted by Crippen LogP contribution is 2.28. The molecule has 116 valence electrons. The minimum atomic E-state index is -3.13. The average molecular weight is 302 g/mol. The molecule has 0 spiro atoms. The number of nitrogens with two attached hydrogens (primary N) is 1. The lowest BCUT2D eigenvalue weighted by Crippen LogP contribution is -2.40. The number of hydrogen-bond acceptors (Lipinski definition) is 4. The summed E-state index contributed by atoms with van der Waals surface area (Å²) < 4.78 is 24.7. The first-order valence-electron chi connectivity index (χ1n) is 7.59. The Morgan fingerprint density at radius 3 is 2.65 bits per heavy atom. The van der Waals surface area contributed by atoms with Gasteiger partial charge in [0.15, 0.2) is 0 Å². The van der Waals surface area contributed by atoms with Crippen molar-refractivity contribution in [3.8, 4) is 0 Å². The van der Waals surface area contributed by atoms with E-state index in [4.69, 9.17) is 5.73 Å². The van der Waals surface area contributed by atoms with E-state index in [0.717, 1.165) is 38.5 Å². The van der Waals surface area contributed by atoms with Crippen molar-refractivity contribution in [2.45, 2.75) is 51.0 Å². The van der Waals surface area contributed by atoms with Gasteiger partial charge in [-0.2, -0.15) is 0 Å². The van der Waals surface area contributed by atoms with Crippen molar-refractivity contribution in [3.63, 3.8) is 0 Å². The Bertz CT molecular complexity index is 449. The Morgan fingerprint density at radius 1 is 1.25 bits per heavy atom. The molecule has 0 radical (unpaired) electrons. The maximum absolute atomic E-state index is 12.3. The maximum Gasteiger partial charge on any atom is 0.211 e. The molecule has 3 atom stereocenters. The molecule has 1 saturated heterocycles. The fourth-order valence-corrected chi connectivity index (χ4v) is 4.41. The molecule has 2 N–H and O–H groups in total. The van der Waals surface area contributed by atoms with Gasteiger partial charge in [-0.05, 0) is 38.0 Å². The molecule has 0 aromatic rings. The molecular weight excluding hydrogens is 276 g/mol. The molecule has 1 aliphatic heterocycles. The summed E-state index contributed by atoms with van der Waals surface area (Å²) in [5.41, 5.74) is 5.94. The molecule has 2 fully saturated rings. The second-order valence-electron chi connectivity index (χ2n) is 6.42. The maximum atomic E-state index is 12.3. The van der Waals surface area contributed by atoms with Gasteiger partial charge in [0.2, 0.25) is 10.0 Å². The fraction of sp³-hybridized carbons (Fsp3) is 0.929. The third-order valence-corrected chi connectivity index (χ3v) is 5.88. The van der Waals surface area contributed by atoms with Crippen LogP contribution in [-0.2, 0) is 14.8 Å². The highest BCUT2D eigenvalue weighted by molar-refractivity contribution is 7.88. The molecule has 1 saturated carbocycles. The zero-order valence-corrected chi connectivity index (χ0v) is 13.1. The minimum Gasteiger partial charge on any atom is -0.328 e. The zero-order chi connectivity index (χ0) is 14.8. The molecule has 5 nitrogen and oxygen atoms in total. The number of carbonyl (C=O) groups excluding carboxylic acids is 1. The first-order chi connectivity index (χ1) is 9.36. The Morgan fingerprint density at radius 2 is 2.00 bits per heavy atom. The summed E-state index contributed by atoms with van der Waals surface area (Å²) in [4.78, 5) is 12.3. The molecule has 0 bridgehead atoms. The molecule has 2 aliphatic rings. The van der Waals surface area contributed by atoms with Crippen LogP contribution < -0.4 is 5.73 Å². The number of ketones is 1. The molecule has 0 aromatic heterocycles. The van der Waals surface area contributed by atoms with Crippen LogP contribution in [0.1, 0.15) is 44.9 Å². The van der Waals surface area contributed by atoms with E-state index >= 15 is 0 Å². The van der Waals surface area contributed by atoms with Gasteiger partial charge < -0.3 is 5.73 Å². The fourth-order valence-electron chi connectivity index (χ4n) is 3.47. The number of Topliss-reactive ketones (excluding diaryl/α,β-unsaturated/α-hetero) is 1. The second kappa shape index (κ2) is 6.54. The van der Waals surface area contributed by atoms with Gasteiger partial charge in [0.1, 0.15) is 5.78 Å². The second-order valence-corrected chi connectivity index (χ2v) is 8.41. The molecule has 1 aliphatic carbocycles. The van der Waals surface area contributed by atoms with Gasteiger partial charge in [-0.25, -0.2) is 12.7 Å². The highest BCUT2D eigenvalue weighted by atomic mass is 32.2. The van der Waals surface area contributed by atoms with Crippen molar-refractivity contribution in [1.29, 1.82) is 0 Å². The van der Waals surface area contributed by atoms with Crippen molar-refractivity contribution >= 4 is 15.8 Å². The van der Waals surface area contributed by atoms with Gasteiger partial charge in [-0.15, -0.1) is 0 Å². The topological polar surface area (TPSA) is 80.5 Å². The monoisotopic (exact) mass is 302 g/mol. The molecule has 3 unspecified atom stereocenters. The Labute approximate surface area is 121 Å². The quantitative estimate of drug-likeness (QED) is 0.844. The lowest BCUT2D eigenvalue weighted by Gasteiger charge is -2.32. The van der Waals surface area contributed by atoms with E-state index < -0.39 is 10.0 Å². The van der Waals surface area contributed by atoms with Crippen LogP contribution in [0.4, 0.5) is 0 Å². The van der Waals surface area contributed by atoms with Crippen LogP contribution >= 0.6 is 0 Å². The van der Waals surface area contributed by atoms with E-state index in [2.05, 4.69) is 0 Å². The Balaban J connectivity index is 1.87. The first-order valence-corrected chi connectivity index (χ1v) is 9.44. The lowest BCUT2D eigenvalue weighted by molar-refractivity contribution is -0.125. The van der Waals surface area contributed by atoms with Crippen molar-refractivity contribution < 1.29 is 13.2 Å². The predicted molar refractivity (Wildman–Crippen MR) is 78.7 cm³/mol. The third kappa shape index (κ3) is 4.27. The summed E-state index contributed by atoms with van der Waals surface area (Å²) in [7, 11) is -3.13. The normalized spacial score (nSPS) is 33.0. The molecule has 0 amide bonds. The van der Waals surface area contributed by atoms with Crippen molar-refractivity contribution in [2.24, 2.45) is 17.6 Å². The number of rotatable bonds is 4. The number of sulfonamides is 1. The van der Waals surface area contributed by atoms with Gasteiger partial charge in [-0.3, -0.25) is 4.79 Å². The standard InChI is InChI=1S/C14H26N2O3S/c1-20(18,19)16-7-3-4-11(10-16)8-14(17)12-5-2-6-13(15)9-12/h11-13H,2-10,15H2,1H3. The molecule has 6 heteroatoms. The molecular formula is C14H26N2O3S. The Hall–Kier alpha value is -0.460. The van der Waals surface area contributed by atoms with Crippen LogP contribution in [0.25, 0.3) is 0 Å². The van der Waals surface area contributed by atoms with Gasteiger partial charge in [0.05, 0.1) is 6.26 Å². The van der Waals surface area contributed by atoms with Crippen LogP contribution in [0, 0.1) is 11.8 Å². The predicted octanol–water partition coefficient (Wildman–Crippen LogP) is 1.13. The van der Waals surface area contributed by atoms with Crippen LogP contribution in [0.3, 0.4) is 0 Å². The Kier molecular flexibility index (Phi) is 5.20. The number of nitrogens with zero attached hydrogens (tertiary/aromatic N) is 1. The van der Waals surface area contributed by atoms with Crippen molar-refractivity contribution in [2.75, 3.05) is 19.3 Å². The molecule has 2 rings (SSSR count). The summed E-state index contributed by atoms with van der Waals surface area (Å²) >= 11 is 0. The van der Waals surface area contributed by atoms with Crippen LogP contribution in [0.2, 0.25) is 0 Å².